The van der Waals surface area contributed by atoms with Gasteiger partial charge in [0.05, 0.1) is 11.1 Å². The highest BCUT2D eigenvalue weighted by molar-refractivity contribution is 7.99. The number of pyridine rings is 1. The number of nitrogens with one attached hydrogen (secondary N) is 1. The van der Waals surface area contributed by atoms with Crippen LogP contribution in [0.15, 0.2) is 40.1 Å². The number of aromatic amines is 1. The van der Waals surface area contributed by atoms with Crippen molar-refractivity contribution < 1.29 is 4.79 Å². The number of nitrogens with zero attached hydrogens (tertiary/aromatic N) is 2. The molecule has 0 amide bonds. The molecule has 0 unspecified atom stereocenters. The van der Waals surface area contributed by atoms with Gasteiger partial charge in [0.1, 0.15) is 0 Å². The zero-order chi connectivity index (χ0) is 19.2. The maximum atomic E-state index is 13.0. The summed E-state index contributed by atoms with van der Waals surface area (Å²) in [5, 5.41) is 2.85. The van der Waals surface area contributed by atoms with Crippen molar-refractivity contribution >= 4 is 39.9 Å². The van der Waals surface area contributed by atoms with E-state index in [1.807, 2.05) is 17.5 Å². The minimum absolute atomic E-state index is 0.0450. The summed E-state index contributed by atoms with van der Waals surface area (Å²) < 4.78 is 0. The molecular formula is C20H19N3O2S2. The summed E-state index contributed by atoms with van der Waals surface area (Å²) >= 11 is 2.91. The Morgan fingerprint density at radius 1 is 1.30 bits per heavy atom. The molecule has 0 saturated carbocycles. The largest absolute Gasteiger partial charge is 0.301 e. The molecule has 0 fully saturated rings. The van der Waals surface area contributed by atoms with Crippen LogP contribution in [0.1, 0.15) is 36.3 Å². The van der Waals surface area contributed by atoms with Crippen molar-refractivity contribution in [2.75, 3.05) is 5.75 Å². The van der Waals surface area contributed by atoms with Gasteiger partial charge in [0.15, 0.2) is 16.6 Å². The molecule has 5 nitrogen and oxygen atoms in total. The quantitative estimate of drug-likeness (QED) is 0.399. The Morgan fingerprint density at radius 3 is 2.81 bits per heavy atom. The van der Waals surface area contributed by atoms with Crippen LogP contribution in [0, 0.1) is 5.41 Å². The van der Waals surface area contributed by atoms with E-state index in [4.69, 9.17) is 0 Å². The van der Waals surface area contributed by atoms with Gasteiger partial charge in [0.2, 0.25) is 0 Å². The lowest BCUT2D eigenvalue weighted by atomic mass is 9.74. The van der Waals surface area contributed by atoms with Crippen molar-refractivity contribution in [2.24, 2.45) is 5.41 Å². The first kappa shape index (κ1) is 18.1. The minimum atomic E-state index is -0.261. The molecule has 138 valence electrons. The van der Waals surface area contributed by atoms with E-state index in [0.29, 0.717) is 45.9 Å². The molecule has 0 atom stereocenters. The van der Waals surface area contributed by atoms with Crippen molar-refractivity contribution in [2.45, 2.75) is 31.8 Å². The third-order valence-electron chi connectivity index (χ3n) is 4.58. The van der Waals surface area contributed by atoms with Crippen LogP contribution in [0.5, 0.6) is 0 Å². The van der Waals surface area contributed by atoms with Gasteiger partial charge in [0.25, 0.3) is 5.56 Å². The molecule has 0 aromatic carbocycles. The first-order valence-electron chi connectivity index (χ1n) is 8.67. The number of thioether (sulfide) groups is 1. The van der Waals surface area contributed by atoms with Crippen molar-refractivity contribution in [3.63, 3.8) is 0 Å². The van der Waals surface area contributed by atoms with Crippen molar-refractivity contribution in [3.8, 4) is 10.4 Å². The molecule has 3 heterocycles. The van der Waals surface area contributed by atoms with Gasteiger partial charge in [-0.15, -0.1) is 17.9 Å². The van der Waals surface area contributed by atoms with Crippen molar-refractivity contribution in [3.05, 3.63) is 51.8 Å². The van der Waals surface area contributed by atoms with Gasteiger partial charge in [-0.3, -0.25) is 9.59 Å². The SMILES string of the molecule is C=CCSc1nc2nc3c(c(-c4cccs4)c2c(=O)[nH]1)C(=O)CC(C)(C)C3. The van der Waals surface area contributed by atoms with Crippen molar-refractivity contribution in [1.29, 1.82) is 0 Å². The highest BCUT2D eigenvalue weighted by Gasteiger charge is 2.35. The normalized spacial score (nSPS) is 15.7. The lowest BCUT2D eigenvalue weighted by molar-refractivity contribution is 0.0911. The molecule has 0 spiro atoms. The predicted molar refractivity (Wildman–Crippen MR) is 111 cm³/mol. The highest BCUT2D eigenvalue weighted by atomic mass is 32.2. The van der Waals surface area contributed by atoms with Gasteiger partial charge >= 0.3 is 0 Å². The number of thiophene rings is 1. The van der Waals surface area contributed by atoms with Gasteiger partial charge in [-0.2, -0.15) is 0 Å². The standard InChI is InChI=1S/C20H19N3O2S2/c1-4-7-27-19-22-17-16(18(25)23-19)15(13-6-5-8-26-13)14-11(21-17)9-20(2,3)10-12(14)24/h4-6,8H,1,7,9-10H2,2-3H3,(H,21,22,23,25). The summed E-state index contributed by atoms with van der Waals surface area (Å²) in [6.07, 6.45) is 2.89. The second kappa shape index (κ2) is 6.73. The average Bonchev–Trinajstić information content (AvgIpc) is 3.11. The molecule has 3 aromatic rings. The zero-order valence-corrected chi connectivity index (χ0v) is 16.8. The number of carbonyl (C=O) groups is 1. The van der Waals surface area contributed by atoms with Crippen LogP contribution in [0.25, 0.3) is 21.5 Å². The zero-order valence-electron chi connectivity index (χ0n) is 15.2. The Kier molecular flexibility index (Phi) is 4.52. The number of H-pyrrole nitrogens is 1. The monoisotopic (exact) mass is 397 g/mol. The molecule has 1 N–H and O–H groups in total. The van der Waals surface area contributed by atoms with E-state index in [1.165, 1.54) is 23.1 Å². The second-order valence-electron chi connectivity index (χ2n) is 7.40. The molecule has 1 aliphatic carbocycles. The summed E-state index contributed by atoms with van der Waals surface area (Å²) in [5.74, 6) is 0.687. The van der Waals surface area contributed by atoms with Gasteiger partial charge < -0.3 is 4.98 Å². The highest BCUT2D eigenvalue weighted by Crippen LogP contribution is 2.41. The Labute approximate surface area is 165 Å². The van der Waals surface area contributed by atoms with Crippen LogP contribution in [-0.4, -0.2) is 26.5 Å². The summed E-state index contributed by atoms with van der Waals surface area (Å²) in [6.45, 7) is 7.84. The summed E-state index contributed by atoms with van der Waals surface area (Å²) in [6, 6.07) is 3.86. The van der Waals surface area contributed by atoms with Crippen LogP contribution >= 0.6 is 23.1 Å². The van der Waals surface area contributed by atoms with Gasteiger partial charge in [0, 0.05) is 28.2 Å². The molecule has 0 radical (unpaired) electrons. The molecule has 0 aliphatic heterocycles. The van der Waals surface area contributed by atoms with Gasteiger partial charge in [-0.25, -0.2) is 9.97 Å². The summed E-state index contributed by atoms with van der Waals surface area (Å²) in [4.78, 5) is 38.9. The number of ketones is 1. The lowest BCUT2D eigenvalue weighted by Gasteiger charge is -2.30. The number of fused-ring (bicyclic) bond motifs is 2. The van der Waals surface area contributed by atoms with Gasteiger partial charge in [-0.05, 0) is 23.3 Å². The topological polar surface area (TPSA) is 75.7 Å². The van der Waals surface area contributed by atoms with E-state index in [9.17, 15) is 9.59 Å². The average molecular weight is 398 g/mol. The molecule has 7 heteroatoms. The second-order valence-corrected chi connectivity index (χ2v) is 9.35. The van der Waals surface area contributed by atoms with E-state index in [-0.39, 0.29) is 16.8 Å². The summed E-state index contributed by atoms with van der Waals surface area (Å²) in [5.41, 5.74) is 1.99. The molecule has 3 aromatic heterocycles. The Bertz CT molecular complexity index is 1110. The number of hydrogen-bond donors (Lipinski definition) is 1. The number of aromatic nitrogens is 3. The predicted octanol–water partition coefficient (Wildman–Crippen LogP) is 4.48. The van der Waals surface area contributed by atoms with Crippen LogP contribution in [0.3, 0.4) is 0 Å². The lowest BCUT2D eigenvalue weighted by Crippen LogP contribution is -2.29. The fourth-order valence-electron chi connectivity index (χ4n) is 3.54. The first-order chi connectivity index (χ1) is 12.9. The van der Waals surface area contributed by atoms with Crippen LogP contribution in [-0.2, 0) is 6.42 Å². The third kappa shape index (κ3) is 3.26. The number of rotatable bonds is 4. The third-order valence-corrected chi connectivity index (χ3v) is 6.33. The maximum Gasteiger partial charge on any atom is 0.261 e. The minimum Gasteiger partial charge on any atom is -0.301 e. The van der Waals surface area contributed by atoms with Crippen LogP contribution in [0.2, 0.25) is 0 Å². The van der Waals surface area contributed by atoms with Gasteiger partial charge in [-0.1, -0.05) is 37.8 Å². The smallest absolute Gasteiger partial charge is 0.261 e. The summed E-state index contributed by atoms with van der Waals surface area (Å²) in [7, 11) is 0. The molecule has 27 heavy (non-hydrogen) atoms. The Balaban J connectivity index is 2.07. The fraction of sp³-hybridized carbons (Fsp3) is 0.300. The molecule has 4 rings (SSSR count). The Morgan fingerprint density at radius 2 is 2.11 bits per heavy atom. The Hall–Kier alpha value is -2.25. The van der Waals surface area contributed by atoms with E-state index in [0.717, 1.165) is 10.6 Å². The van der Waals surface area contributed by atoms with Crippen LogP contribution in [0.4, 0.5) is 0 Å². The number of hydrogen-bond acceptors (Lipinski definition) is 6. The number of carbonyl (C=O) groups excluding carboxylic acids is 1. The maximum absolute atomic E-state index is 13.0. The fourth-order valence-corrected chi connectivity index (χ4v) is 4.92. The van der Waals surface area contributed by atoms with Crippen LogP contribution < -0.4 is 5.56 Å². The van der Waals surface area contributed by atoms with E-state index in [2.05, 4.69) is 35.4 Å². The van der Waals surface area contributed by atoms with Crippen molar-refractivity contribution in [1.82, 2.24) is 15.0 Å². The van der Waals surface area contributed by atoms with E-state index in [1.54, 1.807) is 6.08 Å². The van der Waals surface area contributed by atoms with E-state index >= 15 is 0 Å². The first-order valence-corrected chi connectivity index (χ1v) is 10.5. The molecule has 0 saturated heterocycles. The molecular weight excluding hydrogens is 378 g/mol. The van der Waals surface area contributed by atoms with E-state index < -0.39 is 0 Å². The number of Topliss-reactive ketones (excluding diaryl/α,β-unsaturated/α-hetero) is 1. The molecule has 1 aliphatic rings. The molecule has 0 bridgehead atoms.